The molecule has 7 nitrogen and oxygen atoms in total. The van der Waals surface area contributed by atoms with Crippen LogP contribution in [0.2, 0.25) is 5.02 Å². The number of pyridine rings is 1. The lowest BCUT2D eigenvalue weighted by molar-refractivity contribution is -0.131. The molecule has 0 atom stereocenters. The highest BCUT2D eigenvalue weighted by Crippen LogP contribution is 2.13. The molecule has 1 N–H and O–H groups in total. The summed E-state index contributed by atoms with van der Waals surface area (Å²) in [7, 11) is 0. The molecule has 0 spiro atoms. The number of piperazine rings is 1. The lowest BCUT2D eigenvalue weighted by Gasteiger charge is -2.35. The van der Waals surface area contributed by atoms with Crippen LogP contribution in [0.4, 0.5) is 0 Å². The Balaban J connectivity index is 1.57. The zero-order valence-corrected chi connectivity index (χ0v) is 15.2. The van der Waals surface area contributed by atoms with Crippen LogP contribution in [0.25, 0.3) is 0 Å². The minimum Gasteiger partial charge on any atom is -0.477 e. The molecule has 1 aliphatic heterocycles. The molecule has 0 saturated carbocycles. The van der Waals surface area contributed by atoms with Gasteiger partial charge in [0.2, 0.25) is 5.91 Å². The topological polar surface area (TPSA) is 90.8 Å². The van der Waals surface area contributed by atoms with Crippen molar-refractivity contribution < 1.29 is 19.5 Å². The predicted octanol–water partition coefficient (Wildman–Crippen LogP) is 1.96. The first-order chi connectivity index (χ1) is 12.9. The number of hydrogen-bond donors (Lipinski definition) is 1. The summed E-state index contributed by atoms with van der Waals surface area (Å²) >= 11 is 5.85. The number of halogens is 1. The fraction of sp³-hybridized carbons (Fsp3) is 0.263. The first-order valence-electron chi connectivity index (χ1n) is 8.45. The number of nitrogens with zero attached hydrogens (tertiary/aromatic N) is 3. The van der Waals surface area contributed by atoms with Crippen LogP contribution in [0.3, 0.4) is 0 Å². The molecular formula is C19H18ClN3O4. The Labute approximate surface area is 161 Å². The van der Waals surface area contributed by atoms with Crippen molar-refractivity contribution in [2.24, 2.45) is 0 Å². The van der Waals surface area contributed by atoms with Crippen LogP contribution in [0.15, 0.2) is 42.6 Å². The van der Waals surface area contributed by atoms with Gasteiger partial charge in [-0.3, -0.25) is 9.59 Å². The molecule has 8 heteroatoms. The van der Waals surface area contributed by atoms with Gasteiger partial charge in [-0.25, -0.2) is 9.78 Å². The van der Waals surface area contributed by atoms with E-state index in [9.17, 15) is 14.4 Å². The number of carbonyl (C=O) groups is 3. The second kappa shape index (κ2) is 8.18. The van der Waals surface area contributed by atoms with Crippen LogP contribution in [0.1, 0.15) is 26.4 Å². The average molecular weight is 388 g/mol. The molecule has 0 radical (unpaired) electrons. The molecule has 1 fully saturated rings. The summed E-state index contributed by atoms with van der Waals surface area (Å²) in [6.07, 6.45) is 1.60. The van der Waals surface area contributed by atoms with Gasteiger partial charge in [-0.05, 0) is 29.8 Å². The van der Waals surface area contributed by atoms with Gasteiger partial charge in [0, 0.05) is 43.0 Å². The summed E-state index contributed by atoms with van der Waals surface area (Å²) in [4.78, 5) is 43.1. The molecule has 27 heavy (non-hydrogen) atoms. The van der Waals surface area contributed by atoms with E-state index in [1.54, 1.807) is 21.9 Å². The molecule has 140 valence electrons. The van der Waals surface area contributed by atoms with E-state index in [1.807, 2.05) is 12.1 Å². The summed E-state index contributed by atoms with van der Waals surface area (Å²) in [6.45, 7) is 1.68. The van der Waals surface area contributed by atoms with E-state index < -0.39 is 5.97 Å². The first kappa shape index (κ1) is 18.8. The lowest BCUT2D eigenvalue weighted by Crippen LogP contribution is -2.51. The second-order valence-corrected chi connectivity index (χ2v) is 6.65. The van der Waals surface area contributed by atoms with Crippen molar-refractivity contribution >= 4 is 29.4 Å². The van der Waals surface area contributed by atoms with Crippen LogP contribution in [-0.2, 0) is 11.2 Å². The van der Waals surface area contributed by atoms with Crippen LogP contribution in [-0.4, -0.2) is 63.9 Å². The maximum atomic E-state index is 12.6. The normalized spacial score (nSPS) is 14.1. The van der Waals surface area contributed by atoms with E-state index in [4.69, 9.17) is 16.7 Å². The van der Waals surface area contributed by atoms with Crippen molar-refractivity contribution in [2.45, 2.75) is 6.42 Å². The zero-order chi connectivity index (χ0) is 19.4. The lowest BCUT2D eigenvalue weighted by atomic mass is 10.1. The monoisotopic (exact) mass is 387 g/mol. The minimum absolute atomic E-state index is 0.00139. The SMILES string of the molecule is O=C(O)c1cc(C(=O)N2CCN(C(=O)Cc3ccc(Cl)cc3)CC2)ccn1. The Morgan fingerprint density at radius 1 is 1.00 bits per heavy atom. The van der Waals surface area contributed by atoms with E-state index in [0.29, 0.717) is 31.2 Å². The number of carbonyl (C=O) groups excluding carboxylic acids is 2. The van der Waals surface area contributed by atoms with Gasteiger partial charge in [-0.1, -0.05) is 23.7 Å². The van der Waals surface area contributed by atoms with Crippen molar-refractivity contribution in [3.63, 3.8) is 0 Å². The molecule has 3 rings (SSSR count). The van der Waals surface area contributed by atoms with Crippen molar-refractivity contribution in [1.29, 1.82) is 0 Å². The summed E-state index contributed by atoms with van der Waals surface area (Å²) < 4.78 is 0. The van der Waals surface area contributed by atoms with Gasteiger partial charge in [-0.2, -0.15) is 0 Å². The average Bonchev–Trinajstić information content (AvgIpc) is 2.69. The number of hydrogen-bond acceptors (Lipinski definition) is 4. The van der Waals surface area contributed by atoms with Gasteiger partial charge < -0.3 is 14.9 Å². The number of rotatable bonds is 4. The predicted molar refractivity (Wildman–Crippen MR) is 98.8 cm³/mol. The maximum Gasteiger partial charge on any atom is 0.354 e. The summed E-state index contributed by atoms with van der Waals surface area (Å²) in [6, 6.07) is 9.91. The fourth-order valence-electron chi connectivity index (χ4n) is 2.91. The van der Waals surface area contributed by atoms with Gasteiger partial charge in [0.15, 0.2) is 0 Å². The molecule has 0 bridgehead atoms. The smallest absolute Gasteiger partial charge is 0.354 e. The fourth-order valence-corrected chi connectivity index (χ4v) is 3.04. The van der Waals surface area contributed by atoms with Gasteiger partial charge in [-0.15, -0.1) is 0 Å². The number of aromatic nitrogens is 1. The summed E-state index contributed by atoms with van der Waals surface area (Å²) in [5, 5.41) is 9.62. The number of benzene rings is 1. The van der Waals surface area contributed by atoms with Crippen LogP contribution >= 0.6 is 11.6 Å². The molecule has 0 aliphatic carbocycles. The molecule has 1 saturated heterocycles. The third-order valence-electron chi connectivity index (χ3n) is 4.41. The molecule has 2 aromatic rings. The van der Waals surface area contributed by atoms with Crippen molar-refractivity contribution in [3.8, 4) is 0 Å². The van der Waals surface area contributed by atoms with Crippen LogP contribution < -0.4 is 0 Å². The highest BCUT2D eigenvalue weighted by Gasteiger charge is 2.25. The number of amides is 2. The van der Waals surface area contributed by atoms with Gasteiger partial charge in [0.1, 0.15) is 5.69 Å². The molecule has 2 heterocycles. The Hall–Kier alpha value is -2.93. The highest BCUT2D eigenvalue weighted by atomic mass is 35.5. The van der Waals surface area contributed by atoms with Crippen LogP contribution in [0.5, 0.6) is 0 Å². The van der Waals surface area contributed by atoms with Crippen molar-refractivity contribution in [3.05, 3.63) is 64.4 Å². The van der Waals surface area contributed by atoms with E-state index >= 15 is 0 Å². The molecule has 0 unspecified atom stereocenters. The van der Waals surface area contributed by atoms with Crippen LogP contribution in [0, 0.1) is 0 Å². The largest absolute Gasteiger partial charge is 0.477 e. The van der Waals surface area contributed by atoms with E-state index in [-0.39, 0.29) is 29.5 Å². The Bertz CT molecular complexity index is 862. The third kappa shape index (κ3) is 4.62. The summed E-state index contributed by atoms with van der Waals surface area (Å²) in [5.41, 5.74) is 1.00. The van der Waals surface area contributed by atoms with Crippen molar-refractivity contribution in [1.82, 2.24) is 14.8 Å². The Kier molecular flexibility index (Phi) is 5.71. The Morgan fingerprint density at radius 3 is 2.26 bits per heavy atom. The minimum atomic E-state index is -1.18. The standard InChI is InChI=1S/C19H18ClN3O4/c20-15-3-1-13(2-4-15)11-17(24)22-7-9-23(10-8-22)18(25)14-5-6-21-16(12-14)19(26)27/h1-6,12H,7-11H2,(H,26,27). The molecule has 1 aliphatic rings. The molecule has 1 aromatic carbocycles. The highest BCUT2D eigenvalue weighted by molar-refractivity contribution is 6.30. The zero-order valence-electron chi connectivity index (χ0n) is 14.5. The summed E-state index contributed by atoms with van der Waals surface area (Å²) in [5.74, 6) is -1.44. The maximum absolute atomic E-state index is 12.6. The number of carboxylic acid groups (broad SMARTS) is 1. The van der Waals surface area contributed by atoms with Gasteiger partial charge in [0.05, 0.1) is 6.42 Å². The first-order valence-corrected chi connectivity index (χ1v) is 8.82. The molecule has 2 amide bonds. The van der Waals surface area contributed by atoms with E-state index in [2.05, 4.69) is 4.98 Å². The molecule has 1 aromatic heterocycles. The van der Waals surface area contributed by atoms with E-state index in [0.717, 1.165) is 5.56 Å². The third-order valence-corrected chi connectivity index (χ3v) is 4.67. The van der Waals surface area contributed by atoms with E-state index in [1.165, 1.54) is 18.3 Å². The van der Waals surface area contributed by atoms with Gasteiger partial charge >= 0.3 is 5.97 Å². The van der Waals surface area contributed by atoms with Crippen molar-refractivity contribution in [2.75, 3.05) is 26.2 Å². The Morgan fingerprint density at radius 2 is 1.63 bits per heavy atom. The quantitative estimate of drug-likeness (QED) is 0.866. The molecular weight excluding hydrogens is 370 g/mol. The second-order valence-electron chi connectivity index (χ2n) is 6.21. The van der Waals surface area contributed by atoms with Gasteiger partial charge in [0.25, 0.3) is 5.91 Å². The number of carboxylic acids is 1. The number of aromatic carboxylic acids is 1.